The van der Waals surface area contributed by atoms with Crippen molar-refractivity contribution in [2.24, 2.45) is 5.73 Å². The third-order valence-electron chi connectivity index (χ3n) is 4.74. The third kappa shape index (κ3) is 5.16. The summed E-state index contributed by atoms with van der Waals surface area (Å²) in [6.45, 7) is 1.52. The Morgan fingerprint density at radius 3 is 2.62 bits per heavy atom. The number of nitrogens with zero attached hydrogens (tertiary/aromatic N) is 1. The Labute approximate surface area is 178 Å². The number of sulfone groups is 1. The Hall–Kier alpha value is -1.94. The molecule has 156 valence electrons. The van der Waals surface area contributed by atoms with Crippen LogP contribution < -0.4 is 11.1 Å². The van der Waals surface area contributed by atoms with E-state index >= 15 is 0 Å². The number of anilines is 1. The fourth-order valence-electron chi connectivity index (χ4n) is 3.25. The van der Waals surface area contributed by atoms with Gasteiger partial charge in [-0.3, -0.25) is 9.59 Å². The molecule has 0 radical (unpaired) electrons. The normalized spacial score (nSPS) is 14.4. The lowest BCUT2D eigenvalue weighted by Gasteiger charge is -2.22. The van der Waals surface area contributed by atoms with Crippen molar-refractivity contribution in [1.29, 1.82) is 0 Å². The number of benzene rings is 1. The highest BCUT2D eigenvalue weighted by Crippen LogP contribution is 2.36. The molecular weight excluding hydrogens is 434 g/mol. The van der Waals surface area contributed by atoms with E-state index in [1.165, 1.54) is 35.6 Å². The van der Waals surface area contributed by atoms with Crippen molar-refractivity contribution >= 4 is 49.6 Å². The molecule has 7 nitrogen and oxygen atoms in total. The maximum absolute atomic E-state index is 12.4. The number of hydrogen-bond acceptors (Lipinski definition) is 6. The summed E-state index contributed by atoms with van der Waals surface area (Å²) in [4.78, 5) is 27.6. The van der Waals surface area contributed by atoms with Crippen LogP contribution in [0, 0.1) is 0 Å². The molecule has 1 aliphatic heterocycles. The maximum atomic E-state index is 12.4. The van der Waals surface area contributed by atoms with Gasteiger partial charge in [-0.2, -0.15) is 0 Å². The molecule has 29 heavy (non-hydrogen) atoms. The molecule has 1 aliphatic rings. The van der Waals surface area contributed by atoms with Gasteiger partial charge in [-0.25, -0.2) is 8.42 Å². The minimum absolute atomic E-state index is 0.0213. The molecule has 0 atom stereocenters. The van der Waals surface area contributed by atoms with Gasteiger partial charge in [-0.15, -0.1) is 11.3 Å². The van der Waals surface area contributed by atoms with Crippen LogP contribution in [0.25, 0.3) is 0 Å². The number of carbonyl (C=O) groups is 2. The topological polar surface area (TPSA) is 110 Å². The second-order valence-corrected chi connectivity index (χ2v) is 10.6. The molecule has 1 aromatic heterocycles. The highest BCUT2D eigenvalue weighted by atomic mass is 35.5. The van der Waals surface area contributed by atoms with Gasteiger partial charge in [0, 0.05) is 29.4 Å². The van der Waals surface area contributed by atoms with E-state index in [-0.39, 0.29) is 29.4 Å². The fourth-order valence-corrected chi connectivity index (χ4v) is 6.04. The second kappa shape index (κ2) is 8.83. The average molecular weight is 456 g/mol. The molecule has 0 unspecified atom stereocenters. The first-order chi connectivity index (χ1) is 13.7. The smallest absolute Gasteiger partial charge is 0.251 e. The number of amides is 2. The first-order valence-electron chi connectivity index (χ1n) is 9.08. The summed E-state index contributed by atoms with van der Waals surface area (Å²) in [6, 6.07) is 5.93. The summed E-state index contributed by atoms with van der Waals surface area (Å²) < 4.78 is 24.7. The Morgan fingerprint density at radius 1 is 1.28 bits per heavy atom. The number of hydrogen-bond donors (Lipinski definition) is 2. The van der Waals surface area contributed by atoms with Gasteiger partial charge in [0.15, 0.2) is 9.84 Å². The van der Waals surface area contributed by atoms with Gasteiger partial charge in [0.25, 0.3) is 5.91 Å². The van der Waals surface area contributed by atoms with Gasteiger partial charge in [0.1, 0.15) is 5.00 Å². The lowest BCUT2D eigenvalue weighted by Crippen LogP contribution is -2.27. The van der Waals surface area contributed by atoms with E-state index < -0.39 is 15.7 Å². The number of rotatable bonds is 7. The summed E-state index contributed by atoms with van der Waals surface area (Å²) in [5.74, 6) is -1.06. The zero-order valence-corrected chi connectivity index (χ0v) is 18.3. The van der Waals surface area contributed by atoms with Gasteiger partial charge in [0.2, 0.25) is 5.91 Å². The van der Waals surface area contributed by atoms with Crippen LogP contribution >= 0.6 is 22.9 Å². The van der Waals surface area contributed by atoms with E-state index in [1.807, 2.05) is 7.05 Å². The second-order valence-electron chi connectivity index (χ2n) is 6.98. The molecular formula is C19H22ClN3O4S2. The SMILES string of the molecule is CN1CCc2c(sc(NC(=O)CCCS(=O)(=O)c3ccc(Cl)cc3)c2C(N)=O)C1. The van der Waals surface area contributed by atoms with Crippen LogP contribution in [0.5, 0.6) is 0 Å². The predicted molar refractivity (Wildman–Crippen MR) is 114 cm³/mol. The fraction of sp³-hybridized carbons (Fsp3) is 0.368. The van der Waals surface area contributed by atoms with E-state index in [9.17, 15) is 18.0 Å². The minimum atomic E-state index is -3.49. The number of halogens is 1. The van der Waals surface area contributed by atoms with Crippen LogP contribution in [-0.2, 0) is 27.6 Å². The zero-order valence-electron chi connectivity index (χ0n) is 15.9. The lowest BCUT2D eigenvalue weighted by atomic mass is 10.0. The van der Waals surface area contributed by atoms with Crippen LogP contribution in [-0.4, -0.2) is 44.5 Å². The largest absolute Gasteiger partial charge is 0.365 e. The van der Waals surface area contributed by atoms with Gasteiger partial charge < -0.3 is 16.0 Å². The number of likely N-dealkylation sites (N-methyl/N-ethyl adjacent to an activating group) is 1. The lowest BCUT2D eigenvalue weighted by molar-refractivity contribution is -0.116. The minimum Gasteiger partial charge on any atom is -0.365 e. The number of thiophene rings is 1. The van der Waals surface area contributed by atoms with Crippen molar-refractivity contribution in [3.05, 3.63) is 45.3 Å². The monoisotopic (exact) mass is 455 g/mol. The highest BCUT2D eigenvalue weighted by molar-refractivity contribution is 7.91. The van der Waals surface area contributed by atoms with E-state index in [4.69, 9.17) is 17.3 Å². The van der Waals surface area contributed by atoms with Gasteiger partial charge in [-0.05, 0) is 49.7 Å². The third-order valence-corrected chi connectivity index (χ3v) is 7.94. The van der Waals surface area contributed by atoms with Crippen molar-refractivity contribution in [2.45, 2.75) is 30.7 Å². The average Bonchev–Trinajstić information content (AvgIpc) is 2.98. The summed E-state index contributed by atoms with van der Waals surface area (Å²) in [7, 11) is -1.50. The molecule has 0 saturated carbocycles. The molecule has 3 N–H and O–H groups in total. The molecule has 2 amide bonds. The van der Waals surface area contributed by atoms with Crippen LogP contribution in [0.15, 0.2) is 29.2 Å². The summed E-state index contributed by atoms with van der Waals surface area (Å²) in [5.41, 5.74) is 6.82. The number of nitrogens with two attached hydrogens (primary N) is 1. The molecule has 0 fully saturated rings. The Bertz CT molecular complexity index is 1030. The van der Waals surface area contributed by atoms with Crippen molar-refractivity contribution < 1.29 is 18.0 Å². The number of nitrogens with one attached hydrogen (secondary N) is 1. The van der Waals surface area contributed by atoms with Crippen molar-refractivity contribution in [3.63, 3.8) is 0 Å². The van der Waals surface area contributed by atoms with Crippen LogP contribution in [0.1, 0.15) is 33.6 Å². The van der Waals surface area contributed by atoms with E-state index in [0.29, 0.717) is 28.6 Å². The van der Waals surface area contributed by atoms with Gasteiger partial charge in [-0.1, -0.05) is 11.6 Å². The number of carbonyl (C=O) groups excluding carboxylic acids is 2. The van der Waals surface area contributed by atoms with Gasteiger partial charge in [0.05, 0.1) is 16.2 Å². The highest BCUT2D eigenvalue weighted by Gasteiger charge is 2.26. The standard InChI is InChI=1S/C19H22ClN3O4S2/c1-23-9-8-14-15(11-23)28-19(17(14)18(21)25)22-16(24)3-2-10-29(26,27)13-6-4-12(20)5-7-13/h4-7H,2-3,8-11H2,1H3,(H2,21,25)(H,22,24). The maximum Gasteiger partial charge on any atom is 0.251 e. The van der Waals surface area contributed by atoms with Crippen LogP contribution in [0.2, 0.25) is 5.02 Å². The molecule has 0 saturated heterocycles. The van der Waals surface area contributed by atoms with E-state index in [2.05, 4.69) is 10.2 Å². The van der Waals surface area contributed by atoms with Gasteiger partial charge >= 0.3 is 0 Å². The molecule has 0 aliphatic carbocycles. The van der Waals surface area contributed by atoms with Crippen LogP contribution in [0.4, 0.5) is 5.00 Å². The Balaban J connectivity index is 1.63. The molecule has 2 heterocycles. The number of fused-ring (bicyclic) bond motifs is 1. The molecule has 3 rings (SSSR count). The molecule has 0 bridgehead atoms. The Kier molecular flexibility index (Phi) is 6.62. The quantitative estimate of drug-likeness (QED) is 0.667. The zero-order chi connectivity index (χ0) is 21.2. The molecule has 10 heteroatoms. The molecule has 2 aromatic rings. The van der Waals surface area contributed by atoms with E-state index in [1.54, 1.807) is 0 Å². The van der Waals surface area contributed by atoms with Crippen molar-refractivity contribution in [3.8, 4) is 0 Å². The van der Waals surface area contributed by atoms with Crippen molar-refractivity contribution in [1.82, 2.24) is 4.90 Å². The summed E-state index contributed by atoms with van der Waals surface area (Å²) >= 11 is 7.14. The van der Waals surface area contributed by atoms with Crippen LogP contribution in [0.3, 0.4) is 0 Å². The molecule has 1 aromatic carbocycles. The predicted octanol–water partition coefficient (Wildman–Crippen LogP) is 2.68. The van der Waals surface area contributed by atoms with Crippen molar-refractivity contribution in [2.75, 3.05) is 24.7 Å². The summed E-state index contributed by atoms with van der Waals surface area (Å²) in [5, 5.41) is 3.65. The Morgan fingerprint density at radius 2 is 1.97 bits per heavy atom. The summed E-state index contributed by atoms with van der Waals surface area (Å²) in [6.07, 6.45) is 0.889. The first kappa shape index (κ1) is 21.8. The first-order valence-corrected chi connectivity index (χ1v) is 11.9. The van der Waals surface area contributed by atoms with E-state index in [0.717, 1.165) is 17.0 Å². The molecule has 0 spiro atoms. The number of primary amides is 1.